The van der Waals surface area contributed by atoms with Crippen molar-refractivity contribution in [2.24, 2.45) is 0 Å². The van der Waals surface area contributed by atoms with Gasteiger partial charge in [-0.05, 0) is 42.7 Å². The topological polar surface area (TPSA) is 71.1 Å². The molecular weight excluding hydrogens is 340 g/mol. The summed E-state index contributed by atoms with van der Waals surface area (Å²) >= 11 is 6.12. The quantitative estimate of drug-likeness (QED) is 0.687. The molecule has 6 nitrogen and oxygen atoms in total. The van der Waals surface area contributed by atoms with Crippen LogP contribution in [0.1, 0.15) is 21.6 Å². The minimum atomic E-state index is -0.374. The maximum absolute atomic E-state index is 12.3. The van der Waals surface area contributed by atoms with Crippen molar-refractivity contribution in [1.29, 1.82) is 0 Å². The number of methoxy groups -OCH3 is 1. The maximum Gasteiger partial charge on any atom is 0.275 e. The minimum absolute atomic E-state index is 0.358. The van der Waals surface area contributed by atoms with Gasteiger partial charge in [0.05, 0.1) is 12.7 Å². The van der Waals surface area contributed by atoms with Gasteiger partial charge in [-0.2, -0.15) is 9.52 Å². The summed E-state index contributed by atoms with van der Waals surface area (Å²) in [5.74, 6) is 0.813. The molecular formula is C18H17ClN4O2. The number of aryl methyl sites for hydroxylation is 2. The number of aromatic nitrogens is 3. The SMILES string of the molecule is COc1cccc(CCc2cc(N(Cl)C(=O)c3cccnc3)n[nH]2)c1. The maximum atomic E-state index is 12.3. The molecule has 0 saturated carbocycles. The van der Waals surface area contributed by atoms with E-state index in [1.807, 2.05) is 24.3 Å². The van der Waals surface area contributed by atoms with E-state index in [2.05, 4.69) is 15.2 Å². The number of benzene rings is 1. The van der Waals surface area contributed by atoms with E-state index in [1.165, 1.54) is 6.20 Å². The second kappa shape index (κ2) is 7.81. The summed E-state index contributed by atoms with van der Waals surface area (Å²) in [7, 11) is 1.65. The Hall–Kier alpha value is -2.86. The Morgan fingerprint density at radius 2 is 2.12 bits per heavy atom. The van der Waals surface area contributed by atoms with Crippen molar-refractivity contribution in [1.82, 2.24) is 15.2 Å². The Morgan fingerprint density at radius 3 is 2.88 bits per heavy atom. The summed E-state index contributed by atoms with van der Waals surface area (Å²) in [6, 6.07) is 13.0. The number of carbonyl (C=O) groups is 1. The van der Waals surface area contributed by atoms with Crippen LogP contribution in [0.4, 0.5) is 5.82 Å². The summed E-state index contributed by atoms with van der Waals surface area (Å²) in [4.78, 5) is 16.2. The molecule has 25 heavy (non-hydrogen) atoms. The van der Waals surface area contributed by atoms with E-state index in [0.29, 0.717) is 11.4 Å². The number of pyridine rings is 1. The van der Waals surface area contributed by atoms with Gasteiger partial charge in [-0.3, -0.25) is 14.9 Å². The third-order valence-corrected chi connectivity index (χ3v) is 4.05. The van der Waals surface area contributed by atoms with Crippen LogP contribution in [0.15, 0.2) is 54.9 Å². The largest absolute Gasteiger partial charge is 0.497 e. The van der Waals surface area contributed by atoms with Gasteiger partial charge in [-0.1, -0.05) is 12.1 Å². The molecule has 0 bridgehead atoms. The van der Waals surface area contributed by atoms with Crippen LogP contribution in [0.3, 0.4) is 0 Å². The number of anilines is 1. The first-order valence-corrected chi connectivity index (χ1v) is 8.08. The lowest BCUT2D eigenvalue weighted by molar-refractivity contribution is 0.100. The molecule has 7 heteroatoms. The van der Waals surface area contributed by atoms with Crippen molar-refractivity contribution in [3.63, 3.8) is 0 Å². The molecule has 3 aromatic rings. The molecule has 0 spiro atoms. The number of ether oxygens (including phenoxy) is 1. The molecule has 0 radical (unpaired) electrons. The van der Waals surface area contributed by atoms with Gasteiger partial charge in [0, 0.05) is 35.9 Å². The molecule has 0 atom stereocenters. The van der Waals surface area contributed by atoms with Crippen LogP contribution in [-0.4, -0.2) is 28.2 Å². The lowest BCUT2D eigenvalue weighted by Crippen LogP contribution is -2.21. The number of halogens is 1. The fourth-order valence-corrected chi connectivity index (χ4v) is 2.58. The first-order chi connectivity index (χ1) is 12.2. The second-order valence-electron chi connectivity index (χ2n) is 5.43. The monoisotopic (exact) mass is 356 g/mol. The van der Waals surface area contributed by atoms with E-state index in [4.69, 9.17) is 16.5 Å². The predicted octanol–water partition coefficient (Wildman–Crippen LogP) is 3.40. The highest BCUT2D eigenvalue weighted by molar-refractivity contribution is 6.38. The van der Waals surface area contributed by atoms with Crippen molar-refractivity contribution in [2.75, 3.05) is 11.5 Å². The van der Waals surface area contributed by atoms with Gasteiger partial charge < -0.3 is 4.74 Å². The van der Waals surface area contributed by atoms with Gasteiger partial charge in [-0.15, -0.1) is 0 Å². The predicted molar refractivity (Wildman–Crippen MR) is 95.9 cm³/mol. The molecule has 2 aromatic heterocycles. The highest BCUT2D eigenvalue weighted by atomic mass is 35.5. The van der Waals surface area contributed by atoms with E-state index in [9.17, 15) is 4.79 Å². The fraction of sp³-hybridized carbons (Fsp3) is 0.167. The first-order valence-electron chi connectivity index (χ1n) is 7.75. The molecule has 1 N–H and O–H groups in total. The van der Waals surface area contributed by atoms with E-state index in [1.54, 1.807) is 31.5 Å². The van der Waals surface area contributed by atoms with E-state index < -0.39 is 0 Å². The Morgan fingerprint density at radius 1 is 1.24 bits per heavy atom. The Kier molecular flexibility index (Phi) is 5.30. The summed E-state index contributed by atoms with van der Waals surface area (Å²) in [5, 5.41) is 7.03. The number of nitrogens with one attached hydrogen (secondary N) is 1. The van der Waals surface area contributed by atoms with Crippen LogP contribution in [0, 0.1) is 0 Å². The van der Waals surface area contributed by atoms with Gasteiger partial charge in [0.2, 0.25) is 0 Å². The van der Waals surface area contributed by atoms with Gasteiger partial charge in [0.1, 0.15) is 5.75 Å². The second-order valence-corrected chi connectivity index (χ2v) is 5.77. The smallest absolute Gasteiger partial charge is 0.275 e. The molecule has 0 aliphatic heterocycles. The summed E-state index contributed by atoms with van der Waals surface area (Å²) in [6.45, 7) is 0. The first kappa shape index (κ1) is 17.0. The molecule has 128 valence electrons. The standard InChI is InChI=1S/C18H17ClN4O2/c1-25-16-6-2-4-13(10-16)7-8-15-11-17(22-21-15)23(19)18(24)14-5-3-9-20-12-14/h2-6,9-12H,7-8H2,1H3,(H,21,22). The Labute approximate surface area is 150 Å². The van der Waals surface area contributed by atoms with Crippen molar-refractivity contribution in [3.05, 3.63) is 71.7 Å². The van der Waals surface area contributed by atoms with E-state index in [0.717, 1.165) is 34.3 Å². The number of carbonyl (C=O) groups excluding carboxylic acids is 1. The van der Waals surface area contributed by atoms with E-state index >= 15 is 0 Å². The van der Waals surface area contributed by atoms with Crippen LogP contribution in [-0.2, 0) is 12.8 Å². The molecule has 1 aromatic carbocycles. The highest BCUT2D eigenvalue weighted by Crippen LogP contribution is 2.19. The number of aromatic amines is 1. The Bertz CT molecular complexity index is 851. The number of amides is 1. The average molecular weight is 357 g/mol. The molecule has 0 aliphatic rings. The Balaban J connectivity index is 1.64. The van der Waals surface area contributed by atoms with Crippen LogP contribution in [0.2, 0.25) is 0 Å². The zero-order valence-corrected chi connectivity index (χ0v) is 14.4. The average Bonchev–Trinajstić information content (AvgIpc) is 3.15. The van der Waals surface area contributed by atoms with E-state index in [-0.39, 0.29) is 5.91 Å². The number of hydrogen-bond acceptors (Lipinski definition) is 4. The highest BCUT2D eigenvalue weighted by Gasteiger charge is 2.18. The van der Waals surface area contributed by atoms with Gasteiger partial charge in [0.25, 0.3) is 5.91 Å². The number of rotatable bonds is 6. The van der Waals surface area contributed by atoms with Crippen molar-refractivity contribution < 1.29 is 9.53 Å². The normalized spacial score (nSPS) is 10.5. The summed E-state index contributed by atoms with van der Waals surface area (Å²) in [5.41, 5.74) is 2.45. The van der Waals surface area contributed by atoms with Gasteiger partial charge in [0.15, 0.2) is 5.82 Å². The third-order valence-electron chi connectivity index (χ3n) is 3.72. The summed E-state index contributed by atoms with van der Waals surface area (Å²) in [6.07, 6.45) is 4.62. The molecule has 0 unspecified atom stereocenters. The van der Waals surface area contributed by atoms with Crippen LogP contribution < -0.4 is 9.16 Å². The van der Waals surface area contributed by atoms with Crippen molar-refractivity contribution >= 4 is 23.5 Å². The molecule has 1 amide bonds. The van der Waals surface area contributed by atoms with Crippen molar-refractivity contribution in [3.8, 4) is 5.75 Å². The lowest BCUT2D eigenvalue weighted by atomic mass is 10.1. The van der Waals surface area contributed by atoms with Crippen molar-refractivity contribution in [2.45, 2.75) is 12.8 Å². The van der Waals surface area contributed by atoms with Gasteiger partial charge in [-0.25, -0.2) is 0 Å². The minimum Gasteiger partial charge on any atom is -0.497 e. The number of H-pyrrole nitrogens is 1. The molecule has 0 aliphatic carbocycles. The van der Waals surface area contributed by atoms with Crippen LogP contribution in [0.5, 0.6) is 5.75 Å². The van der Waals surface area contributed by atoms with Gasteiger partial charge >= 0.3 is 0 Å². The zero-order valence-electron chi connectivity index (χ0n) is 13.6. The summed E-state index contributed by atoms with van der Waals surface area (Å²) < 4.78 is 6.21. The molecule has 3 rings (SSSR count). The lowest BCUT2D eigenvalue weighted by Gasteiger charge is -2.09. The molecule has 2 heterocycles. The number of nitrogens with zero attached hydrogens (tertiary/aromatic N) is 3. The number of hydrogen-bond donors (Lipinski definition) is 1. The molecule has 0 saturated heterocycles. The van der Waals surface area contributed by atoms with Crippen LogP contribution in [0.25, 0.3) is 0 Å². The zero-order chi connectivity index (χ0) is 17.6. The molecule has 0 fully saturated rings. The third kappa shape index (κ3) is 4.16. The van der Waals surface area contributed by atoms with Crippen LogP contribution >= 0.6 is 11.8 Å². The fourth-order valence-electron chi connectivity index (χ4n) is 2.39.